The Kier molecular flexibility index (Phi) is 5.31. The molecule has 5 nitrogen and oxygen atoms in total. The molecule has 1 heterocycles. The SMILES string of the molecule is CC1CCC(N(C)C(=O)COC(=O)c2ccc3ccccc3n2)CC1. The van der Waals surface area contributed by atoms with Gasteiger partial charge in [0.2, 0.25) is 0 Å². The summed E-state index contributed by atoms with van der Waals surface area (Å²) in [6, 6.07) is 11.3. The van der Waals surface area contributed by atoms with Gasteiger partial charge in [-0.3, -0.25) is 4.79 Å². The van der Waals surface area contributed by atoms with Crippen LogP contribution in [0.15, 0.2) is 36.4 Å². The molecule has 1 saturated carbocycles. The molecule has 1 aliphatic rings. The van der Waals surface area contributed by atoms with Gasteiger partial charge in [0, 0.05) is 18.5 Å². The molecule has 0 N–H and O–H groups in total. The summed E-state index contributed by atoms with van der Waals surface area (Å²) in [7, 11) is 1.80. The number of ether oxygens (including phenoxy) is 1. The number of benzene rings is 1. The first-order chi connectivity index (χ1) is 12.0. The maximum atomic E-state index is 12.3. The lowest BCUT2D eigenvalue weighted by Crippen LogP contribution is -2.41. The van der Waals surface area contributed by atoms with Gasteiger partial charge in [-0.25, -0.2) is 9.78 Å². The van der Waals surface area contributed by atoms with Crippen molar-refractivity contribution in [1.29, 1.82) is 0 Å². The molecule has 2 aromatic rings. The van der Waals surface area contributed by atoms with E-state index in [1.807, 2.05) is 30.3 Å². The van der Waals surface area contributed by atoms with Crippen molar-refractivity contribution in [3.8, 4) is 0 Å². The number of amides is 1. The molecular formula is C20H24N2O3. The van der Waals surface area contributed by atoms with Crippen LogP contribution in [0.1, 0.15) is 43.1 Å². The molecule has 0 bridgehead atoms. The Morgan fingerprint density at radius 1 is 1.12 bits per heavy atom. The predicted octanol–water partition coefficient (Wildman–Crippen LogP) is 3.43. The van der Waals surface area contributed by atoms with Gasteiger partial charge in [0.15, 0.2) is 6.61 Å². The van der Waals surface area contributed by atoms with E-state index in [1.54, 1.807) is 18.0 Å². The molecule has 0 atom stereocenters. The average Bonchev–Trinajstić information content (AvgIpc) is 2.65. The summed E-state index contributed by atoms with van der Waals surface area (Å²) in [6.45, 7) is 2.01. The van der Waals surface area contributed by atoms with Gasteiger partial charge >= 0.3 is 5.97 Å². The Morgan fingerprint density at radius 2 is 1.84 bits per heavy atom. The van der Waals surface area contributed by atoms with Crippen LogP contribution in [0.2, 0.25) is 0 Å². The highest BCUT2D eigenvalue weighted by atomic mass is 16.5. The van der Waals surface area contributed by atoms with Crippen LogP contribution < -0.4 is 0 Å². The van der Waals surface area contributed by atoms with E-state index in [2.05, 4.69) is 11.9 Å². The van der Waals surface area contributed by atoms with E-state index in [1.165, 1.54) is 0 Å². The number of pyridine rings is 1. The maximum absolute atomic E-state index is 12.3. The van der Waals surface area contributed by atoms with E-state index in [0.717, 1.165) is 42.5 Å². The van der Waals surface area contributed by atoms with Gasteiger partial charge in [-0.1, -0.05) is 31.2 Å². The monoisotopic (exact) mass is 340 g/mol. The van der Waals surface area contributed by atoms with Crippen molar-refractivity contribution in [2.45, 2.75) is 38.6 Å². The molecule has 0 radical (unpaired) electrons. The van der Waals surface area contributed by atoms with Crippen LogP contribution in [0.3, 0.4) is 0 Å². The summed E-state index contributed by atoms with van der Waals surface area (Å²) in [5, 5.41) is 0.960. The molecule has 132 valence electrons. The van der Waals surface area contributed by atoms with Gasteiger partial charge in [0.05, 0.1) is 5.52 Å². The Labute approximate surface area is 148 Å². The quantitative estimate of drug-likeness (QED) is 0.800. The van der Waals surface area contributed by atoms with Gasteiger partial charge < -0.3 is 9.64 Å². The van der Waals surface area contributed by atoms with Crippen molar-refractivity contribution in [2.75, 3.05) is 13.7 Å². The second kappa shape index (κ2) is 7.64. The highest BCUT2D eigenvalue weighted by molar-refractivity contribution is 5.92. The van der Waals surface area contributed by atoms with Gasteiger partial charge in [0.1, 0.15) is 5.69 Å². The maximum Gasteiger partial charge on any atom is 0.357 e. The lowest BCUT2D eigenvalue weighted by molar-refractivity contribution is -0.136. The van der Waals surface area contributed by atoms with E-state index >= 15 is 0 Å². The second-order valence-electron chi connectivity index (χ2n) is 6.88. The highest BCUT2D eigenvalue weighted by Gasteiger charge is 2.25. The largest absolute Gasteiger partial charge is 0.451 e. The molecule has 1 amide bonds. The number of nitrogens with zero attached hydrogens (tertiary/aromatic N) is 2. The van der Waals surface area contributed by atoms with Crippen LogP contribution in [0, 0.1) is 5.92 Å². The summed E-state index contributed by atoms with van der Waals surface area (Å²) in [5.74, 6) is 0.00928. The Balaban J connectivity index is 1.56. The fraction of sp³-hybridized carbons (Fsp3) is 0.450. The summed E-state index contributed by atoms with van der Waals surface area (Å²) < 4.78 is 5.18. The van der Waals surface area contributed by atoms with E-state index < -0.39 is 5.97 Å². The number of carbonyl (C=O) groups excluding carboxylic acids is 2. The number of hydrogen-bond acceptors (Lipinski definition) is 4. The number of hydrogen-bond donors (Lipinski definition) is 0. The van der Waals surface area contributed by atoms with Gasteiger partial charge in [0.25, 0.3) is 5.91 Å². The van der Waals surface area contributed by atoms with Crippen molar-refractivity contribution in [3.05, 3.63) is 42.1 Å². The van der Waals surface area contributed by atoms with Gasteiger partial charge in [-0.05, 0) is 43.7 Å². The molecule has 0 unspecified atom stereocenters. The first-order valence-electron chi connectivity index (χ1n) is 8.83. The minimum absolute atomic E-state index is 0.159. The molecule has 1 aromatic heterocycles. The van der Waals surface area contributed by atoms with E-state index in [9.17, 15) is 9.59 Å². The number of para-hydroxylation sites is 1. The van der Waals surface area contributed by atoms with Crippen LogP contribution >= 0.6 is 0 Å². The Bertz CT molecular complexity index is 766. The van der Waals surface area contributed by atoms with E-state index in [4.69, 9.17) is 4.74 Å². The minimum Gasteiger partial charge on any atom is -0.451 e. The van der Waals surface area contributed by atoms with Crippen LogP contribution in [-0.4, -0.2) is 41.5 Å². The standard InChI is InChI=1S/C20H24N2O3/c1-14-7-10-16(11-8-14)22(2)19(23)13-25-20(24)18-12-9-15-5-3-4-6-17(15)21-18/h3-6,9,12,14,16H,7-8,10-11,13H2,1-2H3. The summed E-state index contributed by atoms with van der Waals surface area (Å²) in [5.41, 5.74) is 0.956. The predicted molar refractivity (Wildman–Crippen MR) is 96.2 cm³/mol. The summed E-state index contributed by atoms with van der Waals surface area (Å²) >= 11 is 0. The molecule has 1 aromatic carbocycles. The van der Waals surface area contributed by atoms with Gasteiger partial charge in [-0.15, -0.1) is 0 Å². The molecule has 25 heavy (non-hydrogen) atoms. The topological polar surface area (TPSA) is 59.5 Å². The normalized spacial score (nSPS) is 20.2. The molecule has 1 fully saturated rings. The smallest absolute Gasteiger partial charge is 0.357 e. The van der Waals surface area contributed by atoms with Crippen molar-refractivity contribution < 1.29 is 14.3 Å². The van der Waals surface area contributed by atoms with Gasteiger partial charge in [-0.2, -0.15) is 0 Å². The number of rotatable bonds is 4. The van der Waals surface area contributed by atoms with E-state index in [0.29, 0.717) is 0 Å². The zero-order valence-corrected chi connectivity index (χ0v) is 14.8. The summed E-state index contributed by atoms with van der Waals surface area (Å²) in [6.07, 6.45) is 4.32. The lowest BCUT2D eigenvalue weighted by Gasteiger charge is -2.33. The number of aromatic nitrogens is 1. The zero-order valence-electron chi connectivity index (χ0n) is 14.8. The molecule has 0 saturated heterocycles. The Hall–Kier alpha value is -2.43. The first kappa shape index (κ1) is 17.4. The number of likely N-dealkylation sites (N-methyl/N-ethyl adjacent to an activating group) is 1. The van der Waals surface area contributed by atoms with Crippen LogP contribution in [0.5, 0.6) is 0 Å². The molecule has 0 spiro atoms. The third-order valence-corrected chi connectivity index (χ3v) is 5.06. The summed E-state index contributed by atoms with van der Waals surface area (Å²) in [4.78, 5) is 30.5. The molecule has 1 aliphatic carbocycles. The van der Waals surface area contributed by atoms with Crippen LogP contribution in [0.4, 0.5) is 0 Å². The fourth-order valence-electron chi connectivity index (χ4n) is 3.32. The van der Waals surface area contributed by atoms with Crippen molar-refractivity contribution in [1.82, 2.24) is 9.88 Å². The van der Waals surface area contributed by atoms with Crippen molar-refractivity contribution >= 4 is 22.8 Å². The molecule has 0 aliphatic heterocycles. The average molecular weight is 340 g/mol. The Morgan fingerprint density at radius 3 is 2.60 bits per heavy atom. The van der Waals surface area contributed by atoms with Crippen molar-refractivity contribution in [3.63, 3.8) is 0 Å². The molecular weight excluding hydrogens is 316 g/mol. The first-order valence-corrected chi connectivity index (χ1v) is 8.83. The number of esters is 1. The van der Waals surface area contributed by atoms with E-state index in [-0.39, 0.29) is 24.2 Å². The fourth-order valence-corrected chi connectivity index (χ4v) is 3.32. The zero-order chi connectivity index (χ0) is 17.8. The van der Waals surface area contributed by atoms with Crippen LogP contribution in [-0.2, 0) is 9.53 Å². The van der Waals surface area contributed by atoms with Crippen molar-refractivity contribution in [2.24, 2.45) is 5.92 Å². The number of fused-ring (bicyclic) bond motifs is 1. The molecule has 3 rings (SSSR count). The molecule has 5 heteroatoms. The van der Waals surface area contributed by atoms with Crippen LogP contribution in [0.25, 0.3) is 10.9 Å². The third kappa shape index (κ3) is 4.16. The minimum atomic E-state index is -0.565. The number of carbonyl (C=O) groups is 2. The highest BCUT2D eigenvalue weighted by Crippen LogP contribution is 2.26. The lowest BCUT2D eigenvalue weighted by atomic mass is 9.87. The third-order valence-electron chi connectivity index (χ3n) is 5.06. The second-order valence-corrected chi connectivity index (χ2v) is 6.88.